The van der Waals surface area contributed by atoms with Crippen LogP contribution in [0.25, 0.3) is 0 Å². The van der Waals surface area contributed by atoms with Crippen molar-refractivity contribution in [3.8, 4) is 0 Å². The van der Waals surface area contributed by atoms with Crippen molar-refractivity contribution in [2.75, 3.05) is 0 Å². The minimum atomic E-state index is -0.881. The van der Waals surface area contributed by atoms with Gasteiger partial charge in [0.25, 0.3) is 0 Å². The quantitative estimate of drug-likeness (QED) is 0.471. The number of carboxylic acid groups (broad SMARTS) is 2. The van der Waals surface area contributed by atoms with Gasteiger partial charge in [0.1, 0.15) is 0 Å². The largest absolute Gasteiger partial charge is 0.478 e. The summed E-state index contributed by atoms with van der Waals surface area (Å²) in [6.07, 6.45) is 0.638. The maximum atomic E-state index is 12.0. The standard InChI is InChI=1S/C27H36O4/c1-14(2)20-10-18(11-21(15(3)4)24(20)26(28)29)9-19-12-22(16(5)6)25(27(30)31)23(13-19)17(7)8/h10-17H,9H2,1-8H3,(H,28,29)(H,30,31). The summed E-state index contributed by atoms with van der Waals surface area (Å²) in [5, 5.41) is 19.7. The smallest absolute Gasteiger partial charge is 0.336 e. The third kappa shape index (κ3) is 5.36. The first-order chi connectivity index (χ1) is 14.3. The average molecular weight is 425 g/mol. The third-order valence-electron chi connectivity index (χ3n) is 5.84. The molecule has 0 radical (unpaired) electrons. The molecule has 0 atom stereocenters. The predicted octanol–water partition coefficient (Wildman–Crippen LogP) is 7.17. The lowest BCUT2D eigenvalue weighted by molar-refractivity contribution is 0.0682. The molecule has 0 saturated heterocycles. The summed E-state index contributed by atoms with van der Waals surface area (Å²) in [5.41, 5.74) is 6.36. The van der Waals surface area contributed by atoms with E-state index in [0.717, 1.165) is 33.4 Å². The van der Waals surface area contributed by atoms with Gasteiger partial charge in [0.05, 0.1) is 11.1 Å². The van der Waals surface area contributed by atoms with Gasteiger partial charge in [-0.1, -0.05) is 79.7 Å². The second-order valence-electron chi connectivity index (χ2n) is 9.70. The minimum absolute atomic E-state index is 0.0930. The zero-order chi connectivity index (χ0) is 23.6. The molecule has 0 spiro atoms. The first kappa shape index (κ1) is 24.6. The zero-order valence-electron chi connectivity index (χ0n) is 20.0. The summed E-state index contributed by atoms with van der Waals surface area (Å²) in [6.45, 7) is 16.2. The lowest BCUT2D eigenvalue weighted by Crippen LogP contribution is -2.12. The molecule has 168 valence electrons. The van der Waals surface area contributed by atoms with Crippen molar-refractivity contribution in [1.82, 2.24) is 0 Å². The van der Waals surface area contributed by atoms with Gasteiger partial charge in [0.15, 0.2) is 0 Å². The van der Waals surface area contributed by atoms with Gasteiger partial charge in [-0.2, -0.15) is 0 Å². The third-order valence-corrected chi connectivity index (χ3v) is 5.84. The van der Waals surface area contributed by atoms with E-state index in [4.69, 9.17) is 0 Å². The molecule has 0 heterocycles. The fourth-order valence-corrected chi connectivity index (χ4v) is 4.26. The first-order valence-electron chi connectivity index (χ1n) is 11.1. The molecule has 0 aliphatic carbocycles. The van der Waals surface area contributed by atoms with E-state index in [1.165, 1.54) is 0 Å². The lowest BCUT2D eigenvalue weighted by Gasteiger charge is -2.21. The van der Waals surface area contributed by atoms with Gasteiger partial charge in [0, 0.05) is 0 Å². The van der Waals surface area contributed by atoms with Crippen molar-refractivity contribution >= 4 is 11.9 Å². The average Bonchev–Trinajstić information content (AvgIpc) is 2.65. The molecule has 2 aromatic carbocycles. The predicted molar refractivity (Wildman–Crippen MR) is 126 cm³/mol. The zero-order valence-corrected chi connectivity index (χ0v) is 20.0. The molecule has 4 heteroatoms. The van der Waals surface area contributed by atoms with Gasteiger partial charge in [-0.05, 0) is 63.5 Å². The number of hydrogen-bond donors (Lipinski definition) is 2. The number of carbonyl (C=O) groups is 2. The van der Waals surface area contributed by atoms with Crippen molar-refractivity contribution in [3.63, 3.8) is 0 Å². The van der Waals surface area contributed by atoms with Crippen LogP contribution in [-0.2, 0) is 6.42 Å². The molecule has 0 unspecified atom stereocenters. The Morgan fingerprint density at radius 3 is 0.968 bits per heavy atom. The molecule has 2 rings (SSSR count). The Hall–Kier alpha value is -2.62. The fraction of sp³-hybridized carbons (Fsp3) is 0.481. The Morgan fingerprint density at radius 2 is 0.806 bits per heavy atom. The van der Waals surface area contributed by atoms with Crippen LogP contribution >= 0.6 is 0 Å². The monoisotopic (exact) mass is 424 g/mol. The van der Waals surface area contributed by atoms with Crippen LogP contribution in [-0.4, -0.2) is 22.2 Å². The summed E-state index contributed by atoms with van der Waals surface area (Å²) in [5.74, 6) is -1.39. The van der Waals surface area contributed by atoms with E-state index in [9.17, 15) is 19.8 Å². The van der Waals surface area contributed by atoms with Gasteiger partial charge < -0.3 is 10.2 Å². The Bertz CT molecular complexity index is 843. The van der Waals surface area contributed by atoms with Crippen molar-refractivity contribution in [1.29, 1.82) is 0 Å². The minimum Gasteiger partial charge on any atom is -0.478 e. The summed E-state index contributed by atoms with van der Waals surface area (Å²) < 4.78 is 0. The summed E-state index contributed by atoms with van der Waals surface area (Å²) >= 11 is 0. The van der Waals surface area contributed by atoms with Crippen LogP contribution in [0, 0.1) is 0 Å². The molecule has 0 aromatic heterocycles. The van der Waals surface area contributed by atoms with E-state index in [1.807, 2.05) is 79.7 Å². The molecule has 31 heavy (non-hydrogen) atoms. The highest BCUT2D eigenvalue weighted by Crippen LogP contribution is 2.33. The normalized spacial score (nSPS) is 11.7. The fourth-order valence-electron chi connectivity index (χ4n) is 4.26. The number of rotatable bonds is 8. The molecule has 4 nitrogen and oxygen atoms in total. The van der Waals surface area contributed by atoms with Crippen molar-refractivity contribution in [3.05, 3.63) is 68.8 Å². The van der Waals surface area contributed by atoms with Crippen LogP contribution < -0.4 is 0 Å². The van der Waals surface area contributed by atoms with Gasteiger partial charge >= 0.3 is 11.9 Å². The van der Waals surface area contributed by atoms with Crippen LogP contribution in [0.5, 0.6) is 0 Å². The summed E-state index contributed by atoms with van der Waals surface area (Å²) in [4.78, 5) is 24.0. The van der Waals surface area contributed by atoms with E-state index in [1.54, 1.807) is 0 Å². The van der Waals surface area contributed by atoms with Crippen molar-refractivity contribution in [2.24, 2.45) is 0 Å². The SMILES string of the molecule is CC(C)c1cc(Cc2cc(C(C)C)c(C(=O)O)c(C(C)C)c2)cc(C(C)C)c1C(=O)O. The molecule has 0 saturated carbocycles. The van der Waals surface area contributed by atoms with Gasteiger partial charge in [-0.25, -0.2) is 9.59 Å². The highest BCUT2D eigenvalue weighted by Gasteiger charge is 2.23. The first-order valence-corrected chi connectivity index (χ1v) is 11.1. The van der Waals surface area contributed by atoms with E-state index >= 15 is 0 Å². The maximum Gasteiger partial charge on any atom is 0.336 e. The molecule has 0 bridgehead atoms. The Labute approximate surface area is 186 Å². The van der Waals surface area contributed by atoms with Crippen LogP contribution in [0.3, 0.4) is 0 Å². The van der Waals surface area contributed by atoms with E-state index in [-0.39, 0.29) is 23.7 Å². The molecular formula is C27H36O4. The number of carboxylic acids is 2. The second kappa shape index (κ2) is 9.67. The molecule has 0 amide bonds. The lowest BCUT2D eigenvalue weighted by atomic mass is 9.83. The topological polar surface area (TPSA) is 74.6 Å². The van der Waals surface area contributed by atoms with Crippen molar-refractivity contribution < 1.29 is 19.8 Å². The Kier molecular flexibility index (Phi) is 7.69. The van der Waals surface area contributed by atoms with E-state index < -0.39 is 11.9 Å². The summed E-state index contributed by atoms with van der Waals surface area (Å²) in [6, 6.07) is 8.04. The van der Waals surface area contributed by atoms with E-state index in [0.29, 0.717) is 17.5 Å². The van der Waals surface area contributed by atoms with Crippen molar-refractivity contribution in [2.45, 2.75) is 85.5 Å². The van der Waals surface area contributed by atoms with E-state index in [2.05, 4.69) is 0 Å². The molecular weight excluding hydrogens is 388 g/mol. The molecule has 0 fully saturated rings. The highest BCUT2D eigenvalue weighted by molar-refractivity contribution is 5.92. The number of aromatic carboxylic acids is 2. The van der Waals surface area contributed by atoms with Gasteiger partial charge in [-0.15, -0.1) is 0 Å². The van der Waals surface area contributed by atoms with Crippen LogP contribution in [0.15, 0.2) is 24.3 Å². The van der Waals surface area contributed by atoms with Gasteiger partial charge in [0.2, 0.25) is 0 Å². The van der Waals surface area contributed by atoms with Crippen LogP contribution in [0.4, 0.5) is 0 Å². The molecule has 2 aromatic rings. The summed E-state index contributed by atoms with van der Waals surface area (Å²) in [7, 11) is 0. The van der Waals surface area contributed by atoms with Crippen LogP contribution in [0.2, 0.25) is 0 Å². The molecule has 2 N–H and O–H groups in total. The van der Waals surface area contributed by atoms with Gasteiger partial charge in [-0.3, -0.25) is 0 Å². The second-order valence-corrected chi connectivity index (χ2v) is 9.70. The molecule has 0 aliphatic rings. The Balaban J connectivity index is 2.70. The number of benzene rings is 2. The Morgan fingerprint density at radius 1 is 0.581 bits per heavy atom. The molecule has 0 aliphatic heterocycles. The maximum absolute atomic E-state index is 12.0. The number of hydrogen-bond acceptors (Lipinski definition) is 2. The van der Waals surface area contributed by atoms with Crippen LogP contribution in [0.1, 0.15) is 133 Å². The highest BCUT2D eigenvalue weighted by atomic mass is 16.4.